The SMILES string of the molecule is COc1ccc(Cn2nc(CO)cc(OC)c2=O)cc1. The lowest BCUT2D eigenvalue weighted by Gasteiger charge is -2.09. The van der Waals surface area contributed by atoms with E-state index in [1.165, 1.54) is 17.9 Å². The summed E-state index contributed by atoms with van der Waals surface area (Å²) in [5.41, 5.74) is 0.952. The van der Waals surface area contributed by atoms with Crippen LogP contribution < -0.4 is 15.0 Å². The fourth-order valence-electron chi connectivity index (χ4n) is 1.80. The Bertz CT molecular complexity index is 635. The fourth-order valence-corrected chi connectivity index (χ4v) is 1.80. The average molecular weight is 276 g/mol. The van der Waals surface area contributed by atoms with Gasteiger partial charge in [0, 0.05) is 6.07 Å². The maximum absolute atomic E-state index is 12.1. The number of ether oxygens (including phenoxy) is 2. The molecule has 0 saturated carbocycles. The van der Waals surface area contributed by atoms with Gasteiger partial charge in [0.2, 0.25) is 0 Å². The van der Waals surface area contributed by atoms with Gasteiger partial charge in [-0.2, -0.15) is 5.10 Å². The number of aromatic nitrogens is 2. The first kappa shape index (κ1) is 14.1. The van der Waals surface area contributed by atoms with Crippen molar-refractivity contribution in [3.8, 4) is 11.5 Å². The Hall–Kier alpha value is -2.34. The van der Waals surface area contributed by atoms with Gasteiger partial charge in [-0.15, -0.1) is 0 Å². The number of hydrogen-bond acceptors (Lipinski definition) is 5. The molecule has 2 rings (SSSR count). The summed E-state index contributed by atoms with van der Waals surface area (Å²) in [5.74, 6) is 0.910. The highest BCUT2D eigenvalue weighted by Gasteiger charge is 2.09. The van der Waals surface area contributed by atoms with Gasteiger partial charge < -0.3 is 14.6 Å². The predicted molar refractivity (Wildman–Crippen MR) is 73.1 cm³/mol. The minimum atomic E-state index is -0.333. The van der Waals surface area contributed by atoms with Crippen molar-refractivity contribution in [1.29, 1.82) is 0 Å². The van der Waals surface area contributed by atoms with Crippen molar-refractivity contribution in [3.63, 3.8) is 0 Å². The molecular weight excluding hydrogens is 260 g/mol. The Kier molecular flexibility index (Phi) is 4.37. The molecule has 0 spiro atoms. The van der Waals surface area contributed by atoms with Crippen LogP contribution in [0.15, 0.2) is 35.1 Å². The molecule has 6 nitrogen and oxygen atoms in total. The Balaban J connectivity index is 2.34. The summed E-state index contributed by atoms with van der Waals surface area (Å²) in [6.07, 6.45) is 0. The lowest BCUT2D eigenvalue weighted by molar-refractivity contribution is 0.270. The highest BCUT2D eigenvalue weighted by molar-refractivity contribution is 5.27. The van der Waals surface area contributed by atoms with Gasteiger partial charge in [0.25, 0.3) is 0 Å². The molecule has 0 amide bonds. The molecule has 2 aromatic rings. The van der Waals surface area contributed by atoms with Crippen LogP contribution >= 0.6 is 0 Å². The van der Waals surface area contributed by atoms with Crippen LogP contribution in [0.5, 0.6) is 11.5 Å². The van der Waals surface area contributed by atoms with Crippen molar-refractivity contribution in [2.24, 2.45) is 0 Å². The zero-order valence-corrected chi connectivity index (χ0v) is 11.4. The number of aliphatic hydroxyl groups is 1. The molecule has 1 N–H and O–H groups in total. The lowest BCUT2D eigenvalue weighted by Crippen LogP contribution is -2.25. The van der Waals surface area contributed by atoms with Gasteiger partial charge in [-0.05, 0) is 17.7 Å². The first-order valence-electron chi connectivity index (χ1n) is 6.06. The third-order valence-electron chi connectivity index (χ3n) is 2.87. The fraction of sp³-hybridized carbons (Fsp3) is 0.286. The first-order valence-corrected chi connectivity index (χ1v) is 6.06. The minimum absolute atomic E-state index is 0.164. The van der Waals surface area contributed by atoms with Crippen molar-refractivity contribution in [2.75, 3.05) is 14.2 Å². The number of aliphatic hydroxyl groups excluding tert-OH is 1. The van der Waals surface area contributed by atoms with E-state index >= 15 is 0 Å². The summed E-state index contributed by atoms with van der Waals surface area (Å²) in [6, 6.07) is 8.77. The quantitative estimate of drug-likeness (QED) is 0.874. The van der Waals surface area contributed by atoms with E-state index in [9.17, 15) is 4.79 Å². The molecule has 0 unspecified atom stereocenters. The van der Waals surface area contributed by atoms with Gasteiger partial charge in [-0.25, -0.2) is 4.68 Å². The van der Waals surface area contributed by atoms with Crippen LogP contribution in [0, 0.1) is 0 Å². The zero-order valence-electron chi connectivity index (χ0n) is 11.4. The molecule has 1 heterocycles. The third kappa shape index (κ3) is 2.97. The van der Waals surface area contributed by atoms with E-state index in [0.717, 1.165) is 11.3 Å². The van der Waals surface area contributed by atoms with Gasteiger partial charge in [-0.3, -0.25) is 4.79 Å². The second kappa shape index (κ2) is 6.21. The van der Waals surface area contributed by atoms with Crippen LogP contribution in [0.3, 0.4) is 0 Å². The zero-order chi connectivity index (χ0) is 14.5. The minimum Gasteiger partial charge on any atom is -0.497 e. The molecule has 6 heteroatoms. The van der Waals surface area contributed by atoms with E-state index in [1.54, 1.807) is 7.11 Å². The lowest BCUT2D eigenvalue weighted by atomic mass is 10.2. The van der Waals surface area contributed by atoms with Crippen molar-refractivity contribution in [3.05, 3.63) is 51.9 Å². The van der Waals surface area contributed by atoms with Crippen LogP contribution in [0.1, 0.15) is 11.3 Å². The Labute approximate surface area is 116 Å². The molecule has 0 fully saturated rings. The standard InChI is InChI=1S/C14H16N2O4/c1-19-12-5-3-10(4-6-12)8-16-14(18)13(20-2)7-11(9-17)15-16/h3-7,17H,8-9H2,1-2H3. The molecule has 0 aliphatic carbocycles. The van der Waals surface area contributed by atoms with Gasteiger partial charge in [-0.1, -0.05) is 12.1 Å². The van der Waals surface area contributed by atoms with E-state index in [2.05, 4.69) is 5.10 Å². The molecule has 0 aliphatic rings. The van der Waals surface area contributed by atoms with E-state index in [-0.39, 0.29) is 17.9 Å². The number of nitrogens with zero attached hydrogens (tertiary/aromatic N) is 2. The van der Waals surface area contributed by atoms with E-state index < -0.39 is 0 Å². The molecule has 0 saturated heterocycles. The Morgan fingerprint density at radius 2 is 1.90 bits per heavy atom. The van der Waals surface area contributed by atoms with E-state index in [4.69, 9.17) is 14.6 Å². The summed E-state index contributed by atoms with van der Waals surface area (Å²) in [5, 5.41) is 13.2. The molecule has 0 bridgehead atoms. The topological polar surface area (TPSA) is 73.6 Å². The van der Waals surface area contributed by atoms with Gasteiger partial charge >= 0.3 is 5.56 Å². The molecule has 1 aromatic carbocycles. The first-order chi connectivity index (χ1) is 9.67. The van der Waals surface area contributed by atoms with Crippen LogP contribution in [0.2, 0.25) is 0 Å². The van der Waals surface area contributed by atoms with E-state index in [0.29, 0.717) is 12.2 Å². The van der Waals surface area contributed by atoms with Crippen molar-refractivity contribution in [1.82, 2.24) is 9.78 Å². The summed E-state index contributed by atoms with van der Waals surface area (Å²) in [7, 11) is 3.01. The maximum atomic E-state index is 12.1. The van der Waals surface area contributed by atoms with Crippen LogP contribution in [0.4, 0.5) is 0 Å². The van der Waals surface area contributed by atoms with Crippen LogP contribution in [-0.2, 0) is 13.2 Å². The molecule has 0 radical (unpaired) electrons. The van der Waals surface area contributed by atoms with Gasteiger partial charge in [0.05, 0.1) is 33.1 Å². The summed E-state index contributed by atoms with van der Waals surface area (Å²) >= 11 is 0. The van der Waals surface area contributed by atoms with Crippen LogP contribution in [-0.4, -0.2) is 29.1 Å². The second-order valence-corrected chi connectivity index (χ2v) is 4.17. The Morgan fingerprint density at radius 1 is 1.20 bits per heavy atom. The highest BCUT2D eigenvalue weighted by atomic mass is 16.5. The third-order valence-corrected chi connectivity index (χ3v) is 2.87. The number of rotatable bonds is 5. The molecular formula is C14H16N2O4. The number of benzene rings is 1. The summed E-state index contributed by atoms with van der Waals surface area (Å²) in [6.45, 7) is 0.0479. The van der Waals surface area contributed by atoms with Crippen molar-refractivity contribution < 1.29 is 14.6 Å². The van der Waals surface area contributed by atoms with E-state index in [1.807, 2.05) is 24.3 Å². The van der Waals surface area contributed by atoms with Crippen molar-refractivity contribution >= 4 is 0 Å². The number of hydrogen-bond donors (Lipinski definition) is 1. The number of methoxy groups -OCH3 is 2. The molecule has 0 atom stereocenters. The second-order valence-electron chi connectivity index (χ2n) is 4.17. The summed E-state index contributed by atoms with van der Waals surface area (Å²) in [4.78, 5) is 12.1. The molecule has 0 aliphatic heterocycles. The van der Waals surface area contributed by atoms with Gasteiger partial charge in [0.15, 0.2) is 5.75 Å². The molecule has 20 heavy (non-hydrogen) atoms. The summed E-state index contributed by atoms with van der Waals surface area (Å²) < 4.78 is 11.3. The predicted octanol–water partition coefficient (Wildman–Crippen LogP) is 0.801. The average Bonchev–Trinajstić information content (AvgIpc) is 2.50. The molecule has 1 aromatic heterocycles. The van der Waals surface area contributed by atoms with Crippen LogP contribution in [0.25, 0.3) is 0 Å². The smallest absolute Gasteiger partial charge is 0.309 e. The largest absolute Gasteiger partial charge is 0.497 e. The monoisotopic (exact) mass is 276 g/mol. The van der Waals surface area contributed by atoms with Crippen molar-refractivity contribution in [2.45, 2.75) is 13.2 Å². The molecule has 106 valence electrons. The normalized spacial score (nSPS) is 10.3. The highest BCUT2D eigenvalue weighted by Crippen LogP contribution is 2.12. The Morgan fingerprint density at radius 3 is 2.45 bits per heavy atom. The maximum Gasteiger partial charge on any atom is 0.309 e. The van der Waals surface area contributed by atoms with Gasteiger partial charge in [0.1, 0.15) is 5.75 Å².